The fourth-order valence-corrected chi connectivity index (χ4v) is 1.54. The molecule has 2 rings (SSSR count). The molecule has 1 N–H and O–H groups in total. The van der Waals surface area contributed by atoms with Crippen LogP contribution < -0.4 is 5.32 Å². The second kappa shape index (κ2) is 4.85. The Labute approximate surface area is 94.5 Å². The standard InChI is InChI=1S/C11H15N5/c1-3-13-9(2)10-4-5-11(14-6-10)16-8-12-7-15-16/h4-9,13H,3H2,1-2H3. The number of rotatable bonds is 4. The van der Waals surface area contributed by atoms with Crippen molar-refractivity contribution in [3.8, 4) is 5.82 Å². The Morgan fingerprint density at radius 1 is 1.44 bits per heavy atom. The van der Waals surface area contributed by atoms with Crippen molar-refractivity contribution in [1.29, 1.82) is 0 Å². The van der Waals surface area contributed by atoms with E-state index in [0.29, 0.717) is 6.04 Å². The molecule has 0 radical (unpaired) electrons. The maximum absolute atomic E-state index is 4.34. The topological polar surface area (TPSA) is 55.6 Å². The van der Waals surface area contributed by atoms with Gasteiger partial charge in [-0.25, -0.2) is 14.6 Å². The highest BCUT2D eigenvalue weighted by molar-refractivity contribution is 5.25. The molecule has 1 atom stereocenters. The summed E-state index contributed by atoms with van der Waals surface area (Å²) in [5.41, 5.74) is 1.17. The first-order valence-electron chi connectivity index (χ1n) is 5.35. The number of nitrogens with zero attached hydrogens (tertiary/aromatic N) is 4. The Morgan fingerprint density at radius 3 is 2.88 bits per heavy atom. The Bertz CT molecular complexity index is 420. The number of nitrogens with one attached hydrogen (secondary N) is 1. The third-order valence-corrected chi connectivity index (χ3v) is 2.43. The summed E-state index contributed by atoms with van der Waals surface area (Å²) in [5, 5.41) is 7.37. The van der Waals surface area contributed by atoms with Crippen LogP contribution in [0.4, 0.5) is 0 Å². The maximum Gasteiger partial charge on any atom is 0.155 e. The van der Waals surface area contributed by atoms with Gasteiger partial charge in [-0.05, 0) is 25.1 Å². The fourth-order valence-electron chi connectivity index (χ4n) is 1.54. The van der Waals surface area contributed by atoms with E-state index in [9.17, 15) is 0 Å². The van der Waals surface area contributed by atoms with E-state index in [0.717, 1.165) is 12.4 Å². The van der Waals surface area contributed by atoms with Crippen LogP contribution in [0, 0.1) is 0 Å². The highest BCUT2D eigenvalue weighted by Crippen LogP contribution is 2.12. The average Bonchev–Trinajstić information content (AvgIpc) is 2.83. The van der Waals surface area contributed by atoms with Gasteiger partial charge in [0.1, 0.15) is 12.7 Å². The second-order valence-corrected chi connectivity index (χ2v) is 3.57. The lowest BCUT2D eigenvalue weighted by atomic mass is 10.1. The molecule has 1 unspecified atom stereocenters. The molecule has 0 bridgehead atoms. The van der Waals surface area contributed by atoms with Crippen molar-refractivity contribution in [3.63, 3.8) is 0 Å². The van der Waals surface area contributed by atoms with Gasteiger partial charge in [0.15, 0.2) is 5.82 Å². The molecule has 2 aromatic heterocycles. The smallest absolute Gasteiger partial charge is 0.155 e. The molecule has 0 aliphatic carbocycles. The van der Waals surface area contributed by atoms with Gasteiger partial charge in [0, 0.05) is 12.2 Å². The van der Waals surface area contributed by atoms with Gasteiger partial charge in [0.25, 0.3) is 0 Å². The quantitative estimate of drug-likeness (QED) is 0.839. The first-order valence-corrected chi connectivity index (χ1v) is 5.35. The normalized spacial score (nSPS) is 12.6. The SMILES string of the molecule is CCNC(C)c1ccc(-n2cncn2)nc1. The summed E-state index contributed by atoms with van der Waals surface area (Å²) in [6.07, 6.45) is 5.00. The summed E-state index contributed by atoms with van der Waals surface area (Å²) in [5.74, 6) is 0.782. The zero-order valence-electron chi connectivity index (χ0n) is 9.46. The van der Waals surface area contributed by atoms with E-state index in [1.54, 1.807) is 11.0 Å². The minimum absolute atomic E-state index is 0.322. The molecule has 0 aromatic carbocycles. The molecule has 5 nitrogen and oxygen atoms in total. The van der Waals surface area contributed by atoms with Crippen LogP contribution in [-0.2, 0) is 0 Å². The van der Waals surface area contributed by atoms with Crippen LogP contribution in [0.1, 0.15) is 25.5 Å². The molecular weight excluding hydrogens is 202 g/mol. The van der Waals surface area contributed by atoms with Gasteiger partial charge in [-0.1, -0.05) is 13.0 Å². The molecular formula is C11H15N5. The average molecular weight is 217 g/mol. The lowest BCUT2D eigenvalue weighted by molar-refractivity contribution is 0.595. The summed E-state index contributed by atoms with van der Waals surface area (Å²) < 4.78 is 1.64. The van der Waals surface area contributed by atoms with Crippen molar-refractivity contribution in [2.24, 2.45) is 0 Å². The minimum atomic E-state index is 0.322. The van der Waals surface area contributed by atoms with E-state index in [-0.39, 0.29) is 0 Å². The second-order valence-electron chi connectivity index (χ2n) is 3.57. The predicted octanol–water partition coefficient (Wildman–Crippen LogP) is 1.33. The highest BCUT2D eigenvalue weighted by Gasteiger charge is 2.04. The van der Waals surface area contributed by atoms with Gasteiger partial charge in [0.05, 0.1) is 0 Å². The largest absolute Gasteiger partial charge is 0.310 e. The molecule has 0 saturated carbocycles. The zero-order chi connectivity index (χ0) is 11.4. The lowest BCUT2D eigenvalue weighted by Gasteiger charge is -2.12. The number of hydrogen-bond donors (Lipinski definition) is 1. The molecule has 0 saturated heterocycles. The molecule has 2 heterocycles. The van der Waals surface area contributed by atoms with Crippen molar-refractivity contribution in [3.05, 3.63) is 36.5 Å². The molecule has 0 aliphatic heterocycles. The summed E-state index contributed by atoms with van der Waals surface area (Å²) in [6.45, 7) is 5.16. The monoisotopic (exact) mass is 217 g/mol. The van der Waals surface area contributed by atoms with E-state index in [2.05, 4.69) is 40.3 Å². The Morgan fingerprint density at radius 2 is 2.31 bits per heavy atom. The molecule has 2 aromatic rings. The Kier molecular flexibility index (Phi) is 3.26. The number of aromatic nitrogens is 4. The van der Waals surface area contributed by atoms with Gasteiger partial charge in [-0.2, -0.15) is 5.10 Å². The van der Waals surface area contributed by atoms with Crippen molar-refractivity contribution in [2.75, 3.05) is 6.54 Å². The van der Waals surface area contributed by atoms with Crippen LogP contribution in [-0.4, -0.2) is 26.3 Å². The van der Waals surface area contributed by atoms with Crippen LogP contribution >= 0.6 is 0 Å². The van der Waals surface area contributed by atoms with E-state index >= 15 is 0 Å². The maximum atomic E-state index is 4.34. The summed E-state index contributed by atoms with van der Waals surface area (Å²) in [6, 6.07) is 4.32. The Hall–Kier alpha value is -1.75. The summed E-state index contributed by atoms with van der Waals surface area (Å²) >= 11 is 0. The highest BCUT2D eigenvalue weighted by atomic mass is 15.3. The zero-order valence-corrected chi connectivity index (χ0v) is 9.46. The van der Waals surface area contributed by atoms with Gasteiger partial charge < -0.3 is 5.32 Å². The molecule has 5 heteroatoms. The summed E-state index contributed by atoms with van der Waals surface area (Å²) in [4.78, 5) is 8.23. The van der Waals surface area contributed by atoms with E-state index in [1.807, 2.05) is 12.3 Å². The van der Waals surface area contributed by atoms with Crippen molar-refractivity contribution in [1.82, 2.24) is 25.1 Å². The third kappa shape index (κ3) is 2.25. The summed E-state index contributed by atoms with van der Waals surface area (Å²) in [7, 11) is 0. The van der Waals surface area contributed by atoms with Crippen LogP contribution in [0.15, 0.2) is 31.0 Å². The van der Waals surface area contributed by atoms with Crippen molar-refractivity contribution in [2.45, 2.75) is 19.9 Å². The van der Waals surface area contributed by atoms with Crippen LogP contribution in [0.2, 0.25) is 0 Å². The van der Waals surface area contributed by atoms with Gasteiger partial charge >= 0.3 is 0 Å². The lowest BCUT2D eigenvalue weighted by Crippen LogP contribution is -2.17. The van der Waals surface area contributed by atoms with Crippen molar-refractivity contribution < 1.29 is 0 Å². The minimum Gasteiger partial charge on any atom is -0.310 e. The molecule has 0 fully saturated rings. The molecule has 0 amide bonds. The van der Waals surface area contributed by atoms with E-state index in [4.69, 9.17) is 0 Å². The Balaban J connectivity index is 2.16. The van der Waals surface area contributed by atoms with Gasteiger partial charge in [-0.15, -0.1) is 0 Å². The van der Waals surface area contributed by atoms with Gasteiger partial charge in [0.2, 0.25) is 0 Å². The molecule has 84 valence electrons. The first-order chi connectivity index (χ1) is 7.81. The third-order valence-electron chi connectivity index (χ3n) is 2.43. The van der Waals surface area contributed by atoms with E-state index in [1.165, 1.54) is 11.9 Å². The fraction of sp³-hybridized carbons (Fsp3) is 0.364. The van der Waals surface area contributed by atoms with Crippen LogP contribution in [0.3, 0.4) is 0 Å². The predicted molar refractivity (Wildman–Crippen MR) is 61.2 cm³/mol. The van der Waals surface area contributed by atoms with Crippen LogP contribution in [0.5, 0.6) is 0 Å². The first kappa shape index (κ1) is 10.8. The van der Waals surface area contributed by atoms with E-state index < -0.39 is 0 Å². The number of pyridine rings is 1. The van der Waals surface area contributed by atoms with Crippen molar-refractivity contribution >= 4 is 0 Å². The molecule has 0 aliphatic rings. The molecule has 0 spiro atoms. The van der Waals surface area contributed by atoms with Crippen LogP contribution in [0.25, 0.3) is 5.82 Å². The number of hydrogen-bond acceptors (Lipinski definition) is 4. The molecule has 16 heavy (non-hydrogen) atoms. The van der Waals surface area contributed by atoms with Gasteiger partial charge in [-0.3, -0.25) is 0 Å².